The van der Waals surface area contributed by atoms with Crippen molar-refractivity contribution in [2.45, 2.75) is 31.3 Å². The van der Waals surface area contributed by atoms with Gasteiger partial charge in [0.05, 0.1) is 17.2 Å². The minimum Gasteiger partial charge on any atom is -0.364 e. The highest BCUT2D eigenvalue weighted by molar-refractivity contribution is 5.75. The largest absolute Gasteiger partial charge is 0.364 e. The molecule has 0 aliphatic heterocycles. The molecule has 2 aromatic rings. The number of aromatic nitrogens is 2. The Balaban J connectivity index is 1.81. The Morgan fingerprint density at radius 1 is 1.16 bits per heavy atom. The molecular weight excluding hydrogens is 236 g/mol. The Bertz CT molecular complexity index is 567. The molecule has 4 heteroatoms. The molecule has 1 N–H and O–H groups in total. The van der Waals surface area contributed by atoms with Gasteiger partial charge in [-0.1, -0.05) is 12.1 Å². The van der Waals surface area contributed by atoms with Crippen molar-refractivity contribution in [2.75, 3.05) is 19.4 Å². The molecule has 1 fully saturated rings. The van der Waals surface area contributed by atoms with Crippen LogP contribution in [0.3, 0.4) is 0 Å². The maximum Gasteiger partial charge on any atom is 0.145 e. The molecule has 0 amide bonds. The van der Waals surface area contributed by atoms with Gasteiger partial charge in [0.1, 0.15) is 5.82 Å². The van der Waals surface area contributed by atoms with Crippen molar-refractivity contribution in [1.82, 2.24) is 14.9 Å². The lowest BCUT2D eigenvalue weighted by Crippen LogP contribution is -2.39. The van der Waals surface area contributed by atoms with Gasteiger partial charge in [-0.3, -0.25) is 4.98 Å². The molecule has 4 nitrogen and oxygen atoms in total. The van der Waals surface area contributed by atoms with Crippen molar-refractivity contribution in [2.24, 2.45) is 0 Å². The zero-order chi connectivity index (χ0) is 13.2. The summed E-state index contributed by atoms with van der Waals surface area (Å²) in [6, 6.07) is 9.05. The third kappa shape index (κ3) is 2.54. The molecule has 19 heavy (non-hydrogen) atoms. The van der Waals surface area contributed by atoms with E-state index >= 15 is 0 Å². The monoisotopic (exact) mass is 256 g/mol. The first-order chi connectivity index (χ1) is 9.24. The topological polar surface area (TPSA) is 41.0 Å². The maximum atomic E-state index is 4.64. The summed E-state index contributed by atoms with van der Waals surface area (Å²) in [7, 11) is 4.30. The molecule has 1 heterocycles. The Hall–Kier alpha value is -1.68. The molecule has 0 unspecified atom stereocenters. The van der Waals surface area contributed by atoms with Crippen molar-refractivity contribution >= 4 is 16.9 Å². The van der Waals surface area contributed by atoms with Gasteiger partial charge in [-0.05, 0) is 45.5 Å². The van der Waals surface area contributed by atoms with Gasteiger partial charge >= 0.3 is 0 Å². The number of nitrogens with zero attached hydrogens (tertiary/aromatic N) is 3. The molecule has 0 radical (unpaired) electrons. The number of rotatable bonds is 3. The van der Waals surface area contributed by atoms with Gasteiger partial charge in [-0.15, -0.1) is 0 Å². The third-order valence-electron chi connectivity index (χ3n) is 3.92. The van der Waals surface area contributed by atoms with Crippen LogP contribution < -0.4 is 5.32 Å². The van der Waals surface area contributed by atoms with E-state index in [0.717, 1.165) is 16.9 Å². The van der Waals surface area contributed by atoms with E-state index in [1.165, 1.54) is 19.3 Å². The summed E-state index contributed by atoms with van der Waals surface area (Å²) in [5, 5.41) is 3.55. The highest BCUT2D eigenvalue weighted by Crippen LogP contribution is 2.25. The quantitative estimate of drug-likeness (QED) is 0.916. The first kappa shape index (κ1) is 12.4. The van der Waals surface area contributed by atoms with Crippen molar-refractivity contribution in [3.05, 3.63) is 30.5 Å². The summed E-state index contributed by atoms with van der Waals surface area (Å²) in [6.07, 6.45) is 5.58. The second-order valence-electron chi connectivity index (χ2n) is 5.46. The van der Waals surface area contributed by atoms with E-state index in [2.05, 4.69) is 34.3 Å². The fourth-order valence-corrected chi connectivity index (χ4v) is 2.94. The van der Waals surface area contributed by atoms with E-state index < -0.39 is 0 Å². The lowest BCUT2D eigenvalue weighted by atomic mass is 10.1. The van der Waals surface area contributed by atoms with Gasteiger partial charge in [0, 0.05) is 12.1 Å². The zero-order valence-electron chi connectivity index (χ0n) is 11.5. The van der Waals surface area contributed by atoms with Crippen LogP contribution in [0.5, 0.6) is 0 Å². The van der Waals surface area contributed by atoms with E-state index in [1.807, 2.05) is 30.5 Å². The number of benzene rings is 1. The first-order valence-electron chi connectivity index (χ1n) is 6.89. The molecule has 1 aromatic carbocycles. The Labute approximate surface area is 113 Å². The van der Waals surface area contributed by atoms with Gasteiger partial charge in [0.15, 0.2) is 0 Å². The average Bonchev–Trinajstić information content (AvgIpc) is 2.87. The van der Waals surface area contributed by atoms with Gasteiger partial charge in [0.25, 0.3) is 0 Å². The van der Waals surface area contributed by atoms with E-state index in [1.54, 1.807) is 0 Å². The Kier molecular flexibility index (Phi) is 3.34. The molecule has 1 aromatic heterocycles. The molecule has 0 saturated heterocycles. The van der Waals surface area contributed by atoms with Crippen LogP contribution in [-0.4, -0.2) is 41.0 Å². The molecule has 1 saturated carbocycles. The van der Waals surface area contributed by atoms with Crippen LogP contribution in [0.25, 0.3) is 11.0 Å². The summed E-state index contributed by atoms with van der Waals surface area (Å²) in [5.41, 5.74) is 1.90. The predicted molar refractivity (Wildman–Crippen MR) is 78.3 cm³/mol. The fraction of sp³-hybridized carbons (Fsp3) is 0.467. The summed E-state index contributed by atoms with van der Waals surface area (Å²) >= 11 is 0. The van der Waals surface area contributed by atoms with E-state index in [9.17, 15) is 0 Å². The van der Waals surface area contributed by atoms with Gasteiger partial charge in [-0.2, -0.15) is 0 Å². The Morgan fingerprint density at radius 3 is 2.74 bits per heavy atom. The van der Waals surface area contributed by atoms with Crippen molar-refractivity contribution in [1.29, 1.82) is 0 Å². The normalized spacial score (nSPS) is 23.1. The lowest BCUT2D eigenvalue weighted by molar-refractivity contribution is 0.285. The van der Waals surface area contributed by atoms with E-state index in [4.69, 9.17) is 0 Å². The summed E-state index contributed by atoms with van der Waals surface area (Å²) in [6.45, 7) is 0. The smallest absolute Gasteiger partial charge is 0.145 e. The van der Waals surface area contributed by atoms with Gasteiger partial charge in [-0.25, -0.2) is 4.98 Å². The number of hydrogen-bond donors (Lipinski definition) is 1. The molecule has 3 rings (SSSR count). The molecule has 1 aliphatic carbocycles. The summed E-state index contributed by atoms with van der Waals surface area (Å²) < 4.78 is 0. The van der Waals surface area contributed by atoms with Gasteiger partial charge in [0.2, 0.25) is 0 Å². The molecule has 0 spiro atoms. The van der Waals surface area contributed by atoms with Crippen LogP contribution in [0.1, 0.15) is 19.3 Å². The van der Waals surface area contributed by atoms with Crippen LogP contribution in [0.4, 0.5) is 5.82 Å². The van der Waals surface area contributed by atoms with Crippen molar-refractivity contribution < 1.29 is 0 Å². The Morgan fingerprint density at radius 2 is 1.95 bits per heavy atom. The minimum absolute atomic E-state index is 0.477. The van der Waals surface area contributed by atoms with Crippen LogP contribution >= 0.6 is 0 Å². The molecule has 1 aliphatic rings. The third-order valence-corrected chi connectivity index (χ3v) is 3.92. The average molecular weight is 256 g/mol. The summed E-state index contributed by atoms with van der Waals surface area (Å²) in [4.78, 5) is 11.4. The predicted octanol–water partition coefficient (Wildman–Crippen LogP) is 2.52. The zero-order valence-corrected chi connectivity index (χ0v) is 11.5. The van der Waals surface area contributed by atoms with Crippen molar-refractivity contribution in [3.8, 4) is 0 Å². The highest BCUT2D eigenvalue weighted by atomic mass is 15.2. The molecule has 100 valence electrons. The van der Waals surface area contributed by atoms with Crippen LogP contribution in [0, 0.1) is 0 Å². The second kappa shape index (κ2) is 5.13. The number of anilines is 1. The van der Waals surface area contributed by atoms with Crippen LogP contribution in [0.2, 0.25) is 0 Å². The number of fused-ring (bicyclic) bond motifs is 1. The fourth-order valence-electron chi connectivity index (χ4n) is 2.94. The number of likely N-dealkylation sites (N-methyl/N-ethyl adjacent to an activating group) is 1. The lowest BCUT2D eigenvalue weighted by Gasteiger charge is -2.27. The minimum atomic E-state index is 0.477. The molecule has 0 bridgehead atoms. The maximum absolute atomic E-state index is 4.64. The molecular formula is C15H20N4. The van der Waals surface area contributed by atoms with Crippen molar-refractivity contribution in [3.63, 3.8) is 0 Å². The number of hydrogen-bond acceptors (Lipinski definition) is 4. The number of para-hydroxylation sites is 2. The van der Waals surface area contributed by atoms with E-state index in [-0.39, 0.29) is 0 Å². The van der Waals surface area contributed by atoms with E-state index in [0.29, 0.717) is 12.1 Å². The molecule has 2 atom stereocenters. The SMILES string of the molecule is CN(C)[C@@H]1CCC[C@H]1Nc1cnc2ccccc2n1. The van der Waals surface area contributed by atoms with Crippen LogP contribution in [-0.2, 0) is 0 Å². The van der Waals surface area contributed by atoms with Gasteiger partial charge < -0.3 is 10.2 Å². The summed E-state index contributed by atoms with van der Waals surface area (Å²) in [5.74, 6) is 0.887. The van der Waals surface area contributed by atoms with Crippen LogP contribution in [0.15, 0.2) is 30.5 Å². The highest BCUT2D eigenvalue weighted by Gasteiger charge is 2.28. The standard InChI is InChI=1S/C15H20N4/c1-19(2)14-9-5-8-13(14)18-15-10-16-11-6-3-4-7-12(11)17-15/h3-4,6-7,10,13-14H,5,8-9H2,1-2H3,(H,17,18)/t13-,14-/m1/s1. The number of nitrogens with one attached hydrogen (secondary N) is 1. The second-order valence-corrected chi connectivity index (χ2v) is 5.46. The first-order valence-corrected chi connectivity index (χ1v) is 6.89.